The van der Waals surface area contributed by atoms with Crippen molar-refractivity contribution in [1.82, 2.24) is 14.7 Å². The number of β-amino-alcohol motifs (C(OH)–C–C–N with tert-alkyl or cyclic N) is 1. The van der Waals surface area contributed by atoms with E-state index >= 15 is 0 Å². The maximum atomic E-state index is 9.80. The first-order valence-corrected chi connectivity index (χ1v) is 6.35. The van der Waals surface area contributed by atoms with Gasteiger partial charge in [-0.25, -0.2) is 0 Å². The van der Waals surface area contributed by atoms with Crippen molar-refractivity contribution in [1.29, 1.82) is 0 Å². The minimum Gasteiger partial charge on any atom is -0.389 e. The van der Waals surface area contributed by atoms with E-state index in [9.17, 15) is 5.11 Å². The molecule has 2 heterocycles. The molecule has 0 saturated carbocycles. The van der Waals surface area contributed by atoms with Crippen LogP contribution in [-0.2, 0) is 13.5 Å². The number of aromatic nitrogens is 2. The fourth-order valence-corrected chi connectivity index (χ4v) is 2.68. The Morgan fingerprint density at radius 1 is 1.53 bits per heavy atom. The number of aliphatic hydroxyl groups is 1. The SMILES string of the molecule is Cn1cc(CC2CCN(CC(C)(C)O)C2)cn1. The van der Waals surface area contributed by atoms with Gasteiger partial charge in [0.1, 0.15) is 0 Å². The van der Waals surface area contributed by atoms with E-state index in [0.717, 1.165) is 26.1 Å². The van der Waals surface area contributed by atoms with Crippen molar-refractivity contribution in [2.75, 3.05) is 19.6 Å². The highest BCUT2D eigenvalue weighted by molar-refractivity contribution is 5.05. The molecule has 0 amide bonds. The molecule has 1 N–H and O–H groups in total. The number of likely N-dealkylation sites (tertiary alicyclic amines) is 1. The Hall–Kier alpha value is -0.870. The summed E-state index contributed by atoms with van der Waals surface area (Å²) in [5, 5.41) is 14.0. The summed E-state index contributed by atoms with van der Waals surface area (Å²) in [7, 11) is 1.96. The summed E-state index contributed by atoms with van der Waals surface area (Å²) in [4.78, 5) is 2.36. The zero-order chi connectivity index (χ0) is 12.5. The summed E-state index contributed by atoms with van der Waals surface area (Å²) in [5.41, 5.74) is 0.742. The molecule has 1 fully saturated rings. The molecule has 2 rings (SSSR count). The predicted molar refractivity (Wildman–Crippen MR) is 67.8 cm³/mol. The van der Waals surface area contributed by atoms with Crippen LogP contribution in [0.5, 0.6) is 0 Å². The molecule has 4 nitrogen and oxygen atoms in total. The normalized spacial score (nSPS) is 22.2. The molecule has 0 spiro atoms. The molecule has 0 radical (unpaired) electrons. The van der Waals surface area contributed by atoms with Gasteiger partial charge in [-0.3, -0.25) is 4.68 Å². The fourth-order valence-electron chi connectivity index (χ4n) is 2.68. The second kappa shape index (κ2) is 4.78. The molecule has 17 heavy (non-hydrogen) atoms. The minimum atomic E-state index is -0.580. The summed E-state index contributed by atoms with van der Waals surface area (Å²) in [5.74, 6) is 0.710. The molecule has 1 saturated heterocycles. The quantitative estimate of drug-likeness (QED) is 0.851. The zero-order valence-corrected chi connectivity index (χ0v) is 11.1. The van der Waals surface area contributed by atoms with E-state index in [0.29, 0.717) is 5.92 Å². The fraction of sp³-hybridized carbons (Fsp3) is 0.769. The van der Waals surface area contributed by atoms with Gasteiger partial charge >= 0.3 is 0 Å². The summed E-state index contributed by atoms with van der Waals surface area (Å²) in [6.07, 6.45) is 6.39. The molecule has 1 unspecified atom stereocenters. The molecule has 1 atom stereocenters. The lowest BCUT2D eigenvalue weighted by Gasteiger charge is -2.25. The largest absolute Gasteiger partial charge is 0.389 e. The van der Waals surface area contributed by atoms with Gasteiger partial charge in [0.2, 0.25) is 0 Å². The Kier molecular flexibility index (Phi) is 3.54. The number of aryl methyl sites for hydroxylation is 1. The standard InChI is InChI=1S/C13H23N3O/c1-13(2,17)10-16-5-4-11(9-16)6-12-7-14-15(3)8-12/h7-8,11,17H,4-6,9-10H2,1-3H3. The first-order valence-electron chi connectivity index (χ1n) is 6.35. The summed E-state index contributed by atoms with van der Waals surface area (Å²) in [6, 6.07) is 0. The van der Waals surface area contributed by atoms with Crippen LogP contribution in [0.4, 0.5) is 0 Å². The summed E-state index contributed by atoms with van der Waals surface area (Å²) in [6.45, 7) is 6.73. The molecule has 1 aromatic heterocycles. The molecule has 0 aliphatic carbocycles. The van der Waals surface area contributed by atoms with Crippen molar-refractivity contribution in [2.45, 2.75) is 32.3 Å². The van der Waals surface area contributed by atoms with Crippen LogP contribution < -0.4 is 0 Å². The first kappa shape index (κ1) is 12.6. The molecular formula is C13H23N3O. The highest BCUT2D eigenvalue weighted by Gasteiger charge is 2.26. The maximum absolute atomic E-state index is 9.80. The van der Waals surface area contributed by atoms with Crippen molar-refractivity contribution in [3.8, 4) is 0 Å². The van der Waals surface area contributed by atoms with Gasteiger partial charge in [0, 0.05) is 26.3 Å². The molecule has 96 valence electrons. The van der Waals surface area contributed by atoms with Crippen molar-refractivity contribution in [3.63, 3.8) is 0 Å². The van der Waals surface area contributed by atoms with E-state index in [1.165, 1.54) is 12.0 Å². The number of rotatable bonds is 4. The Labute approximate surface area is 103 Å². The van der Waals surface area contributed by atoms with Crippen LogP contribution in [-0.4, -0.2) is 45.0 Å². The predicted octanol–water partition coefficient (Wildman–Crippen LogP) is 1.06. The Balaban J connectivity index is 1.82. The van der Waals surface area contributed by atoms with Crippen LogP contribution in [0.2, 0.25) is 0 Å². The van der Waals surface area contributed by atoms with Crippen LogP contribution in [0.25, 0.3) is 0 Å². The van der Waals surface area contributed by atoms with Crippen molar-refractivity contribution < 1.29 is 5.11 Å². The van der Waals surface area contributed by atoms with Crippen molar-refractivity contribution in [3.05, 3.63) is 18.0 Å². The Morgan fingerprint density at radius 3 is 2.88 bits per heavy atom. The monoisotopic (exact) mass is 237 g/mol. The van der Waals surface area contributed by atoms with Crippen LogP contribution in [0.3, 0.4) is 0 Å². The lowest BCUT2D eigenvalue weighted by atomic mass is 10.0. The van der Waals surface area contributed by atoms with Gasteiger partial charge in [0.25, 0.3) is 0 Å². The van der Waals surface area contributed by atoms with E-state index in [4.69, 9.17) is 0 Å². The molecule has 0 bridgehead atoms. The van der Waals surface area contributed by atoms with Crippen molar-refractivity contribution >= 4 is 0 Å². The molecule has 1 aliphatic heterocycles. The Morgan fingerprint density at radius 2 is 2.29 bits per heavy atom. The number of hydrogen-bond donors (Lipinski definition) is 1. The lowest BCUT2D eigenvalue weighted by molar-refractivity contribution is 0.0428. The van der Waals surface area contributed by atoms with Crippen molar-refractivity contribution in [2.24, 2.45) is 13.0 Å². The van der Waals surface area contributed by atoms with Crippen LogP contribution >= 0.6 is 0 Å². The summed E-state index contributed by atoms with van der Waals surface area (Å²) >= 11 is 0. The zero-order valence-electron chi connectivity index (χ0n) is 11.1. The molecule has 1 aromatic rings. The summed E-state index contributed by atoms with van der Waals surface area (Å²) < 4.78 is 1.86. The smallest absolute Gasteiger partial charge is 0.0718 e. The van der Waals surface area contributed by atoms with Gasteiger partial charge in [-0.05, 0) is 44.7 Å². The van der Waals surface area contributed by atoms with Crippen LogP contribution in [0, 0.1) is 5.92 Å². The average molecular weight is 237 g/mol. The van der Waals surface area contributed by atoms with E-state index in [1.54, 1.807) is 0 Å². The lowest BCUT2D eigenvalue weighted by Crippen LogP contribution is -2.37. The first-order chi connectivity index (χ1) is 7.92. The van der Waals surface area contributed by atoms with E-state index < -0.39 is 5.60 Å². The molecular weight excluding hydrogens is 214 g/mol. The van der Waals surface area contributed by atoms with E-state index in [2.05, 4.69) is 16.2 Å². The van der Waals surface area contributed by atoms with Gasteiger partial charge < -0.3 is 10.0 Å². The Bertz CT molecular complexity index is 367. The van der Waals surface area contributed by atoms with Gasteiger partial charge in [-0.2, -0.15) is 5.10 Å². The molecule has 0 aromatic carbocycles. The van der Waals surface area contributed by atoms with Gasteiger partial charge in [0.05, 0.1) is 11.8 Å². The van der Waals surface area contributed by atoms with E-state index in [-0.39, 0.29) is 0 Å². The third-order valence-corrected chi connectivity index (χ3v) is 3.26. The number of nitrogens with zero attached hydrogens (tertiary/aromatic N) is 3. The van der Waals surface area contributed by atoms with Gasteiger partial charge in [0.15, 0.2) is 0 Å². The van der Waals surface area contributed by atoms with Crippen LogP contribution in [0.1, 0.15) is 25.8 Å². The average Bonchev–Trinajstić information content (AvgIpc) is 2.74. The topological polar surface area (TPSA) is 41.3 Å². The second-order valence-corrected chi connectivity index (χ2v) is 5.93. The highest BCUT2D eigenvalue weighted by atomic mass is 16.3. The third kappa shape index (κ3) is 3.82. The third-order valence-electron chi connectivity index (χ3n) is 3.26. The van der Waals surface area contributed by atoms with E-state index in [1.807, 2.05) is 31.8 Å². The minimum absolute atomic E-state index is 0.580. The molecule has 1 aliphatic rings. The van der Waals surface area contributed by atoms with Crippen LogP contribution in [0.15, 0.2) is 12.4 Å². The maximum Gasteiger partial charge on any atom is 0.0718 e. The second-order valence-electron chi connectivity index (χ2n) is 5.93. The van der Waals surface area contributed by atoms with Gasteiger partial charge in [-0.15, -0.1) is 0 Å². The highest BCUT2D eigenvalue weighted by Crippen LogP contribution is 2.22. The molecule has 4 heteroatoms. The van der Waals surface area contributed by atoms with Gasteiger partial charge in [-0.1, -0.05) is 0 Å². The number of hydrogen-bond acceptors (Lipinski definition) is 3.